The molecule has 1 fully saturated rings. The van der Waals surface area contributed by atoms with Gasteiger partial charge in [-0.1, -0.05) is 19.2 Å². The minimum atomic E-state index is -1.12. The van der Waals surface area contributed by atoms with Crippen LogP contribution >= 0.6 is 0 Å². The van der Waals surface area contributed by atoms with Gasteiger partial charge in [0.25, 0.3) is 0 Å². The molecule has 0 amide bonds. The summed E-state index contributed by atoms with van der Waals surface area (Å²) in [7, 11) is 1.59. The number of nitrogens with one attached hydrogen (secondary N) is 2. The number of carbonyl (C=O) groups is 1. The van der Waals surface area contributed by atoms with Crippen LogP contribution in [0.15, 0.2) is 87.0 Å². The van der Waals surface area contributed by atoms with Gasteiger partial charge in [0.05, 0.1) is 11.3 Å². The van der Waals surface area contributed by atoms with Gasteiger partial charge in [0.15, 0.2) is 5.84 Å². The lowest BCUT2D eigenvalue weighted by Gasteiger charge is -2.23. The van der Waals surface area contributed by atoms with Crippen molar-refractivity contribution in [3.8, 4) is 0 Å². The molecule has 0 spiro atoms. The van der Waals surface area contributed by atoms with Crippen LogP contribution in [0.25, 0.3) is 0 Å². The Morgan fingerprint density at radius 2 is 2.00 bits per heavy atom. The monoisotopic (exact) mass is 421 g/mol. The normalized spacial score (nSPS) is 20.7. The SMILES string of the molecule is C=C(/C=C1N=C(NC2CC2)/C(=N/C(=N\C)Nc2ccc(F)cc2)C(=C)C/1=C/C)C(=O)O. The third kappa shape index (κ3) is 5.42. The lowest BCUT2D eigenvalue weighted by Crippen LogP contribution is -2.37. The molecule has 0 aromatic heterocycles. The maximum absolute atomic E-state index is 13.2. The highest BCUT2D eigenvalue weighted by Gasteiger charge is 2.30. The molecule has 160 valence electrons. The Bertz CT molecular complexity index is 1070. The van der Waals surface area contributed by atoms with E-state index in [-0.39, 0.29) is 17.4 Å². The van der Waals surface area contributed by atoms with Crippen LogP contribution in [0.1, 0.15) is 19.8 Å². The molecule has 0 radical (unpaired) electrons. The second-order valence-corrected chi connectivity index (χ2v) is 7.06. The molecule has 31 heavy (non-hydrogen) atoms. The van der Waals surface area contributed by atoms with Crippen LogP contribution in [0, 0.1) is 5.82 Å². The summed E-state index contributed by atoms with van der Waals surface area (Å²) in [5, 5.41) is 15.6. The molecule has 1 aromatic carbocycles. The number of carboxylic acids is 1. The van der Waals surface area contributed by atoms with E-state index in [0.29, 0.717) is 40.0 Å². The molecule has 1 aromatic rings. The van der Waals surface area contributed by atoms with Gasteiger partial charge in [-0.3, -0.25) is 4.99 Å². The summed E-state index contributed by atoms with van der Waals surface area (Å²) in [5.74, 6) is -0.671. The second-order valence-electron chi connectivity index (χ2n) is 7.06. The summed E-state index contributed by atoms with van der Waals surface area (Å²) >= 11 is 0. The van der Waals surface area contributed by atoms with Crippen LogP contribution < -0.4 is 10.6 Å². The highest BCUT2D eigenvalue weighted by molar-refractivity contribution is 6.51. The molecule has 2 aliphatic rings. The van der Waals surface area contributed by atoms with Crippen LogP contribution in [0.3, 0.4) is 0 Å². The highest BCUT2D eigenvalue weighted by atomic mass is 19.1. The maximum atomic E-state index is 13.2. The van der Waals surface area contributed by atoms with Crippen molar-refractivity contribution in [1.29, 1.82) is 0 Å². The molecule has 1 aliphatic heterocycles. The molecule has 3 N–H and O–H groups in total. The van der Waals surface area contributed by atoms with Gasteiger partial charge in [0.1, 0.15) is 11.5 Å². The summed E-state index contributed by atoms with van der Waals surface area (Å²) in [6, 6.07) is 6.13. The lowest BCUT2D eigenvalue weighted by molar-refractivity contribution is -0.132. The van der Waals surface area contributed by atoms with Gasteiger partial charge >= 0.3 is 5.97 Å². The Morgan fingerprint density at radius 3 is 2.55 bits per heavy atom. The quantitative estimate of drug-likeness (QED) is 0.391. The van der Waals surface area contributed by atoms with Gasteiger partial charge in [-0.2, -0.15) is 0 Å². The summed E-state index contributed by atoms with van der Waals surface area (Å²) < 4.78 is 13.2. The summed E-state index contributed by atoms with van der Waals surface area (Å²) in [6.45, 7) is 9.54. The van der Waals surface area contributed by atoms with E-state index >= 15 is 0 Å². The number of anilines is 1. The number of hydrogen-bond donors (Lipinski definition) is 3. The molecule has 1 heterocycles. The van der Waals surface area contributed by atoms with E-state index < -0.39 is 5.97 Å². The Balaban J connectivity index is 2.01. The van der Waals surface area contributed by atoms with Crippen LogP contribution in [0.5, 0.6) is 0 Å². The summed E-state index contributed by atoms with van der Waals surface area (Å²) in [6.07, 6.45) is 5.24. The fourth-order valence-electron chi connectivity index (χ4n) is 2.86. The van der Waals surface area contributed by atoms with Gasteiger partial charge < -0.3 is 15.7 Å². The number of carboxylic acid groups (broad SMARTS) is 1. The molecule has 7 nitrogen and oxygen atoms in total. The molecule has 1 aliphatic carbocycles. The van der Waals surface area contributed by atoms with Crippen molar-refractivity contribution in [3.05, 3.63) is 77.8 Å². The molecule has 0 unspecified atom stereocenters. The van der Waals surface area contributed by atoms with Gasteiger partial charge in [0.2, 0.25) is 5.96 Å². The molecule has 0 bridgehead atoms. The zero-order chi connectivity index (χ0) is 22.5. The first kappa shape index (κ1) is 21.9. The molecule has 0 atom stereocenters. The minimum absolute atomic E-state index is 0.0779. The number of aliphatic carboxylic acids is 1. The largest absolute Gasteiger partial charge is 0.478 e. The number of hydrogen-bond acceptors (Lipinski definition) is 4. The number of nitrogens with zero attached hydrogens (tertiary/aromatic N) is 3. The fraction of sp³-hybridized carbons (Fsp3) is 0.217. The van der Waals surface area contributed by atoms with Gasteiger partial charge in [0, 0.05) is 29.9 Å². The highest BCUT2D eigenvalue weighted by Crippen LogP contribution is 2.29. The van der Waals surface area contributed by atoms with E-state index in [9.17, 15) is 14.3 Å². The Morgan fingerprint density at radius 1 is 1.32 bits per heavy atom. The predicted octanol–water partition coefficient (Wildman–Crippen LogP) is 3.86. The number of amidine groups is 1. The van der Waals surface area contributed by atoms with Crippen molar-refractivity contribution >= 4 is 29.2 Å². The molecule has 3 rings (SSSR count). The summed E-state index contributed by atoms with van der Waals surface area (Å²) in [5.41, 5.74) is 2.72. The van der Waals surface area contributed by atoms with Crippen molar-refractivity contribution < 1.29 is 14.3 Å². The summed E-state index contributed by atoms with van der Waals surface area (Å²) in [4.78, 5) is 24.7. The molecular formula is C23H24FN5O2. The lowest BCUT2D eigenvalue weighted by atomic mass is 9.94. The Kier molecular flexibility index (Phi) is 6.59. The van der Waals surface area contributed by atoms with Gasteiger partial charge in [-0.15, -0.1) is 0 Å². The number of benzene rings is 1. The molecule has 0 saturated heterocycles. The van der Waals surface area contributed by atoms with Crippen molar-refractivity contribution in [2.75, 3.05) is 12.4 Å². The minimum Gasteiger partial charge on any atom is -0.478 e. The van der Waals surface area contributed by atoms with E-state index in [4.69, 9.17) is 0 Å². The Hall–Kier alpha value is -3.81. The topological polar surface area (TPSA) is 98.4 Å². The molecule has 8 heteroatoms. The molecule has 1 saturated carbocycles. The number of aliphatic imine (C=N–C) groups is 3. The first-order valence-corrected chi connectivity index (χ1v) is 9.76. The van der Waals surface area contributed by atoms with Gasteiger partial charge in [-0.25, -0.2) is 19.2 Å². The number of guanidine groups is 1. The van der Waals surface area contributed by atoms with E-state index in [0.717, 1.165) is 12.8 Å². The van der Waals surface area contributed by atoms with E-state index in [1.807, 2.05) is 6.92 Å². The van der Waals surface area contributed by atoms with Crippen LogP contribution in [0.4, 0.5) is 10.1 Å². The average Bonchev–Trinajstić information content (AvgIpc) is 3.55. The predicted molar refractivity (Wildman–Crippen MR) is 122 cm³/mol. The number of allylic oxidation sites excluding steroid dienone is 2. The second kappa shape index (κ2) is 9.34. The van der Waals surface area contributed by atoms with Crippen LogP contribution in [-0.4, -0.2) is 41.7 Å². The number of rotatable bonds is 4. The first-order valence-electron chi connectivity index (χ1n) is 9.76. The van der Waals surface area contributed by atoms with Crippen molar-refractivity contribution in [3.63, 3.8) is 0 Å². The van der Waals surface area contributed by atoms with Crippen molar-refractivity contribution in [2.24, 2.45) is 15.0 Å². The first-order chi connectivity index (χ1) is 14.8. The third-order valence-electron chi connectivity index (χ3n) is 4.67. The smallest absolute Gasteiger partial charge is 0.335 e. The van der Waals surface area contributed by atoms with E-state index in [1.54, 1.807) is 25.3 Å². The fourth-order valence-corrected chi connectivity index (χ4v) is 2.86. The maximum Gasteiger partial charge on any atom is 0.335 e. The van der Waals surface area contributed by atoms with Crippen LogP contribution in [0.2, 0.25) is 0 Å². The van der Waals surface area contributed by atoms with Gasteiger partial charge in [-0.05, 0) is 50.1 Å². The van der Waals surface area contributed by atoms with E-state index in [2.05, 4.69) is 38.8 Å². The zero-order valence-corrected chi connectivity index (χ0v) is 17.4. The van der Waals surface area contributed by atoms with Crippen LogP contribution in [-0.2, 0) is 4.79 Å². The van der Waals surface area contributed by atoms with Crippen molar-refractivity contribution in [2.45, 2.75) is 25.8 Å². The van der Waals surface area contributed by atoms with E-state index in [1.165, 1.54) is 18.2 Å². The number of halogens is 1. The average molecular weight is 421 g/mol. The Labute approximate surface area is 180 Å². The molecular weight excluding hydrogens is 397 g/mol. The zero-order valence-electron chi connectivity index (χ0n) is 17.4. The third-order valence-corrected chi connectivity index (χ3v) is 4.67. The van der Waals surface area contributed by atoms with Crippen molar-refractivity contribution in [1.82, 2.24) is 5.32 Å². The standard InChI is InChI=1S/C23H24FN5O2/c1-5-18-14(3)20(29-23(25-4)27-17-8-6-15(24)7-9-17)21(26-16-10-11-16)28-19(18)12-13(2)22(30)31/h5-9,12,16H,2-3,10-11H2,1,4H3,(H,25,27)(H,26,28)(H,30,31)/b18-5-,19-12+,29-20+.